The number of carbonyl (C=O) groups is 1. The predicted octanol–water partition coefficient (Wildman–Crippen LogP) is 4.22. The van der Waals surface area contributed by atoms with Crippen molar-refractivity contribution in [2.45, 2.75) is 50.4 Å². The molecule has 0 N–H and O–H groups in total. The normalized spacial score (nSPS) is 26.6. The van der Waals surface area contributed by atoms with Crippen molar-refractivity contribution in [1.29, 1.82) is 0 Å². The molecule has 0 aromatic heterocycles. The topological polar surface area (TPSA) is 20.3 Å². The zero-order chi connectivity index (χ0) is 16.1. The van der Waals surface area contributed by atoms with Gasteiger partial charge in [0.2, 0.25) is 11.8 Å². The van der Waals surface area contributed by atoms with Gasteiger partial charge < -0.3 is 4.90 Å². The first-order chi connectivity index (χ1) is 11.0. The Kier molecular flexibility index (Phi) is 3.47. The molecule has 3 fully saturated rings. The average Bonchev–Trinajstić information content (AvgIpc) is 2.45. The van der Waals surface area contributed by atoms with Gasteiger partial charge >= 0.3 is 0 Å². The zero-order valence-corrected chi connectivity index (χ0v) is 13.3. The fourth-order valence-electron chi connectivity index (χ4n) is 4.67. The van der Waals surface area contributed by atoms with Crippen LogP contribution in [0.4, 0.5) is 8.78 Å². The Hall–Kier alpha value is -1.45. The van der Waals surface area contributed by atoms with Crippen LogP contribution in [0, 0.1) is 11.3 Å². The standard InChI is InChI=1S/C19H23F2NO/c20-19(21)8-6-15(7-9-19)17(23)22-12-18(13-22)10-16(11-18)14-4-2-1-3-5-14/h1-5,15-16H,6-13H2. The minimum absolute atomic E-state index is 0.120. The summed E-state index contributed by atoms with van der Waals surface area (Å²) in [5, 5.41) is 0. The van der Waals surface area contributed by atoms with E-state index in [-0.39, 0.29) is 24.7 Å². The van der Waals surface area contributed by atoms with Crippen LogP contribution < -0.4 is 0 Å². The molecule has 3 aliphatic rings. The largest absolute Gasteiger partial charge is 0.341 e. The molecular formula is C19H23F2NO. The van der Waals surface area contributed by atoms with E-state index in [2.05, 4.69) is 24.3 Å². The second kappa shape index (κ2) is 5.29. The van der Waals surface area contributed by atoms with Gasteiger partial charge in [-0.1, -0.05) is 30.3 Å². The molecule has 2 saturated carbocycles. The highest BCUT2D eigenvalue weighted by Crippen LogP contribution is 2.56. The van der Waals surface area contributed by atoms with E-state index in [0.717, 1.165) is 25.9 Å². The summed E-state index contributed by atoms with van der Waals surface area (Å²) >= 11 is 0. The van der Waals surface area contributed by atoms with E-state index in [1.165, 1.54) is 5.56 Å². The summed E-state index contributed by atoms with van der Waals surface area (Å²) in [6, 6.07) is 10.6. The molecule has 1 saturated heterocycles. The maximum atomic E-state index is 13.2. The van der Waals surface area contributed by atoms with E-state index in [1.54, 1.807) is 0 Å². The van der Waals surface area contributed by atoms with Crippen LogP contribution in [0.15, 0.2) is 30.3 Å². The molecule has 1 aromatic rings. The van der Waals surface area contributed by atoms with Crippen LogP contribution in [0.1, 0.15) is 50.0 Å². The Balaban J connectivity index is 1.27. The molecule has 1 aliphatic heterocycles. The molecule has 0 radical (unpaired) electrons. The lowest BCUT2D eigenvalue weighted by atomic mass is 9.56. The van der Waals surface area contributed by atoms with E-state index < -0.39 is 5.92 Å². The third-order valence-electron chi connectivity index (χ3n) is 6.06. The second-order valence-corrected chi connectivity index (χ2v) is 7.84. The highest BCUT2D eigenvalue weighted by molar-refractivity contribution is 5.80. The minimum Gasteiger partial charge on any atom is -0.341 e. The van der Waals surface area contributed by atoms with Gasteiger partial charge in [0.05, 0.1) is 0 Å². The fourth-order valence-corrected chi connectivity index (χ4v) is 4.67. The molecule has 1 heterocycles. The average molecular weight is 319 g/mol. The van der Waals surface area contributed by atoms with Crippen molar-refractivity contribution >= 4 is 5.91 Å². The lowest BCUT2D eigenvalue weighted by molar-refractivity contribution is -0.159. The van der Waals surface area contributed by atoms with Crippen molar-refractivity contribution in [1.82, 2.24) is 4.90 Å². The summed E-state index contributed by atoms with van der Waals surface area (Å²) < 4.78 is 26.4. The lowest BCUT2D eigenvalue weighted by Gasteiger charge is -2.60. The highest BCUT2D eigenvalue weighted by atomic mass is 19.3. The molecule has 0 bridgehead atoms. The summed E-state index contributed by atoms with van der Waals surface area (Å²) in [5.41, 5.74) is 1.71. The van der Waals surface area contributed by atoms with Gasteiger partial charge in [-0.3, -0.25) is 4.79 Å². The molecule has 0 unspecified atom stereocenters. The fraction of sp³-hybridized carbons (Fsp3) is 0.632. The van der Waals surface area contributed by atoms with Crippen molar-refractivity contribution in [3.8, 4) is 0 Å². The summed E-state index contributed by atoms with van der Waals surface area (Å²) in [5.74, 6) is -1.97. The molecule has 2 aliphatic carbocycles. The van der Waals surface area contributed by atoms with Crippen molar-refractivity contribution in [3.63, 3.8) is 0 Å². The Morgan fingerprint density at radius 1 is 1.04 bits per heavy atom. The van der Waals surface area contributed by atoms with Crippen LogP contribution in [0.3, 0.4) is 0 Å². The predicted molar refractivity (Wildman–Crippen MR) is 84.3 cm³/mol. The molecule has 0 atom stereocenters. The lowest BCUT2D eigenvalue weighted by Crippen LogP contribution is -2.64. The molecule has 4 rings (SSSR count). The number of hydrogen-bond donors (Lipinski definition) is 0. The van der Waals surface area contributed by atoms with Crippen molar-refractivity contribution in [2.24, 2.45) is 11.3 Å². The molecular weight excluding hydrogens is 296 g/mol. The van der Waals surface area contributed by atoms with E-state index >= 15 is 0 Å². The Bertz CT molecular complexity index is 577. The maximum Gasteiger partial charge on any atom is 0.248 e. The first-order valence-corrected chi connectivity index (χ1v) is 8.68. The summed E-state index contributed by atoms with van der Waals surface area (Å²) in [6.07, 6.45) is 2.76. The highest BCUT2D eigenvalue weighted by Gasteiger charge is 2.54. The number of carbonyl (C=O) groups excluding carboxylic acids is 1. The van der Waals surface area contributed by atoms with E-state index in [9.17, 15) is 13.6 Å². The van der Waals surface area contributed by atoms with Gasteiger partial charge in [0.1, 0.15) is 0 Å². The third kappa shape index (κ3) is 2.77. The molecule has 1 spiro atoms. The number of benzene rings is 1. The number of rotatable bonds is 2. The summed E-state index contributed by atoms with van der Waals surface area (Å²) in [6.45, 7) is 1.67. The first-order valence-electron chi connectivity index (χ1n) is 8.68. The molecule has 23 heavy (non-hydrogen) atoms. The summed E-state index contributed by atoms with van der Waals surface area (Å²) in [7, 11) is 0. The molecule has 2 nitrogen and oxygen atoms in total. The van der Waals surface area contributed by atoms with Gasteiger partial charge in [-0.25, -0.2) is 8.78 Å². The SMILES string of the molecule is O=C(C1CCC(F)(F)CC1)N1CC2(CC(c3ccccc3)C2)C1. The third-order valence-corrected chi connectivity index (χ3v) is 6.06. The van der Waals surface area contributed by atoms with Gasteiger partial charge in [-0.05, 0) is 37.2 Å². The van der Waals surface area contributed by atoms with Crippen molar-refractivity contribution < 1.29 is 13.6 Å². The Labute approximate surface area is 135 Å². The van der Waals surface area contributed by atoms with Crippen molar-refractivity contribution in [3.05, 3.63) is 35.9 Å². The zero-order valence-electron chi connectivity index (χ0n) is 13.3. The monoisotopic (exact) mass is 319 g/mol. The summed E-state index contributed by atoms with van der Waals surface area (Å²) in [4.78, 5) is 14.4. The van der Waals surface area contributed by atoms with Gasteiger partial charge in [0, 0.05) is 37.3 Å². The number of hydrogen-bond acceptors (Lipinski definition) is 1. The quantitative estimate of drug-likeness (QED) is 0.799. The van der Waals surface area contributed by atoms with Crippen molar-refractivity contribution in [2.75, 3.05) is 13.1 Å². The molecule has 1 aromatic carbocycles. The molecule has 4 heteroatoms. The van der Waals surface area contributed by atoms with Gasteiger partial charge in [-0.15, -0.1) is 0 Å². The minimum atomic E-state index is -2.55. The number of halogens is 2. The van der Waals surface area contributed by atoms with Crippen LogP contribution >= 0.6 is 0 Å². The van der Waals surface area contributed by atoms with Gasteiger partial charge in [-0.2, -0.15) is 0 Å². The first kappa shape index (κ1) is 15.1. The van der Waals surface area contributed by atoms with E-state index in [4.69, 9.17) is 0 Å². The molecule has 1 amide bonds. The number of likely N-dealkylation sites (tertiary alicyclic amines) is 1. The Morgan fingerprint density at radius 2 is 1.65 bits per heavy atom. The number of amides is 1. The van der Waals surface area contributed by atoms with Crippen LogP contribution in [-0.4, -0.2) is 29.8 Å². The second-order valence-electron chi connectivity index (χ2n) is 7.84. The molecule has 124 valence electrons. The van der Waals surface area contributed by atoms with Gasteiger partial charge in [0.15, 0.2) is 0 Å². The Morgan fingerprint density at radius 3 is 2.26 bits per heavy atom. The van der Waals surface area contributed by atoms with Crippen LogP contribution in [0.25, 0.3) is 0 Å². The number of alkyl halides is 2. The van der Waals surface area contributed by atoms with Crippen LogP contribution in [-0.2, 0) is 4.79 Å². The van der Waals surface area contributed by atoms with Crippen LogP contribution in [0.5, 0.6) is 0 Å². The smallest absolute Gasteiger partial charge is 0.248 e. The van der Waals surface area contributed by atoms with Crippen LogP contribution in [0.2, 0.25) is 0 Å². The number of nitrogens with zero attached hydrogens (tertiary/aromatic N) is 1. The maximum absolute atomic E-state index is 13.2. The van der Waals surface area contributed by atoms with E-state index in [1.807, 2.05) is 11.0 Å². The van der Waals surface area contributed by atoms with Gasteiger partial charge in [0.25, 0.3) is 0 Å². The van der Waals surface area contributed by atoms with E-state index in [0.29, 0.717) is 24.2 Å².